The van der Waals surface area contributed by atoms with E-state index in [0.29, 0.717) is 5.41 Å². The molecule has 0 aromatic rings. The van der Waals surface area contributed by atoms with Crippen LogP contribution in [0.15, 0.2) is 0 Å². The van der Waals surface area contributed by atoms with Crippen molar-refractivity contribution in [1.29, 1.82) is 0 Å². The summed E-state index contributed by atoms with van der Waals surface area (Å²) in [5.41, 5.74) is 0.545. The molecule has 0 aromatic heterocycles. The SMILES string of the molecule is Br.CCCCCCCCCC(C)(C)C. The molecule has 0 spiro atoms. The fraction of sp³-hybridized carbons (Fsp3) is 1.00. The Labute approximate surface area is 102 Å². The Balaban J connectivity index is 0. The van der Waals surface area contributed by atoms with Crippen LogP contribution in [0.5, 0.6) is 0 Å². The van der Waals surface area contributed by atoms with Crippen LogP contribution in [-0.2, 0) is 0 Å². The van der Waals surface area contributed by atoms with E-state index in [0.717, 1.165) is 0 Å². The summed E-state index contributed by atoms with van der Waals surface area (Å²) < 4.78 is 0. The largest absolute Gasteiger partial charge is 0.114 e. The molecule has 1 heteroatoms. The van der Waals surface area contributed by atoms with Crippen molar-refractivity contribution in [3.63, 3.8) is 0 Å². The summed E-state index contributed by atoms with van der Waals surface area (Å²) in [6, 6.07) is 0. The van der Waals surface area contributed by atoms with Gasteiger partial charge in [-0.25, -0.2) is 0 Å². The molecular weight excluding hydrogens is 236 g/mol. The summed E-state index contributed by atoms with van der Waals surface area (Å²) in [6.45, 7) is 9.29. The first-order valence-corrected chi connectivity index (χ1v) is 6.06. The van der Waals surface area contributed by atoms with Gasteiger partial charge in [0.25, 0.3) is 0 Å². The van der Waals surface area contributed by atoms with Crippen molar-refractivity contribution < 1.29 is 0 Å². The van der Waals surface area contributed by atoms with Crippen LogP contribution in [-0.4, -0.2) is 0 Å². The molecule has 0 amide bonds. The number of rotatable bonds is 7. The molecule has 0 saturated heterocycles. The summed E-state index contributed by atoms with van der Waals surface area (Å²) in [7, 11) is 0. The zero-order chi connectivity index (χ0) is 10.2. The molecule has 0 unspecified atom stereocenters. The highest BCUT2D eigenvalue weighted by Crippen LogP contribution is 2.22. The minimum Gasteiger partial charge on any atom is -0.114 e. The van der Waals surface area contributed by atoms with Crippen molar-refractivity contribution in [1.82, 2.24) is 0 Å². The van der Waals surface area contributed by atoms with E-state index in [2.05, 4.69) is 27.7 Å². The average Bonchev–Trinajstić information content (AvgIpc) is 2.01. The fourth-order valence-electron chi connectivity index (χ4n) is 1.61. The van der Waals surface area contributed by atoms with E-state index in [1.807, 2.05) is 0 Å². The highest BCUT2D eigenvalue weighted by atomic mass is 79.9. The van der Waals surface area contributed by atoms with Gasteiger partial charge >= 0.3 is 0 Å². The molecule has 88 valence electrons. The van der Waals surface area contributed by atoms with Gasteiger partial charge in [0.05, 0.1) is 0 Å². The van der Waals surface area contributed by atoms with Gasteiger partial charge in [0, 0.05) is 0 Å². The lowest BCUT2D eigenvalue weighted by Gasteiger charge is -2.17. The minimum atomic E-state index is 0. The maximum absolute atomic E-state index is 2.34. The van der Waals surface area contributed by atoms with E-state index in [-0.39, 0.29) is 17.0 Å². The molecule has 0 aromatic carbocycles. The molecule has 0 atom stereocenters. The van der Waals surface area contributed by atoms with Gasteiger partial charge in [-0.05, 0) is 11.8 Å². The standard InChI is InChI=1S/C13H28.BrH/c1-5-6-7-8-9-10-11-12-13(2,3)4;/h5-12H2,1-4H3;1H. The maximum atomic E-state index is 2.34. The van der Waals surface area contributed by atoms with Crippen LogP contribution in [0.25, 0.3) is 0 Å². The molecule has 0 aliphatic heterocycles. The van der Waals surface area contributed by atoms with E-state index in [1.54, 1.807) is 0 Å². The van der Waals surface area contributed by atoms with Gasteiger partial charge in [-0.2, -0.15) is 0 Å². The van der Waals surface area contributed by atoms with Crippen LogP contribution in [0.2, 0.25) is 0 Å². The third kappa shape index (κ3) is 15.0. The summed E-state index contributed by atoms with van der Waals surface area (Å²) in [6.07, 6.45) is 11.4. The Kier molecular flexibility index (Phi) is 12.1. The molecule has 0 aliphatic carbocycles. The van der Waals surface area contributed by atoms with Gasteiger partial charge in [-0.15, -0.1) is 17.0 Å². The molecule has 0 N–H and O–H groups in total. The third-order valence-corrected chi connectivity index (χ3v) is 2.53. The van der Waals surface area contributed by atoms with E-state index < -0.39 is 0 Å². The first-order valence-electron chi connectivity index (χ1n) is 6.06. The summed E-state index contributed by atoms with van der Waals surface area (Å²) in [5, 5.41) is 0. The van der Waals surface area contributed by atoms with Crippen molar-refractivity contribution in [3.05, 3.63) is 0 Å². The molecule has 0 radical (unpaired) electrons. The second-order valence-corrected chi connectivity index (χ2v) is 5.43. The van der Waals surface area contributed by atoms with E-state index in [1.165, 1.54) is 51.4 Å². The van der Waals surface area contributed by atoms with Gasteiger partial charge in [0.15, 0.2) is 0 Å². The molecule has 0 rings (SSSR count). The Morgan fingerprint density at radius 3 is 1.57 bits per heavy atom. The van der Waals surface area contributed by atoms with Gasteiger partial charge in [-0.3, -0.25) is 0 Å². The highest BCUT2D eigenvalue weighted by Gasteiger charge is 2.08. The zero-order valence-electron chi connectivity index (χ0n) is 10.6. The number of hydrogen-bond acceptors (Lipinski definition) is 0. The first kappa shape index (κ1) is 16.9. The molecular formula is C13H29Br. The lowest BCUT2D eigenvalue weighted by Crippen LogP contribution is -2.03. The first-order chi connectivity index (χ1) is 6.06. The monoisotopic (exact) mass is 264 g/mol. The Morgan fingerprint density at radius 1 is 0.714 bits per heavy atom. The quantitative estimate of drug-likeness (QED) is 0.514. The van der Waals surface area contributed by atoms with E-state index in [4.69, 9.17) is 0 Å². The lowest BCUT2D eigenvalue weighted by molar-refractivity contribution is 0.356. The van der Waals surface area contributed by atoms with Crippen LogP contribution in [0.3, 0.4) is 0 Å². The molecule has 0 saturated carbocycles. The number of halogens is 1. The van der Waals surface area contributed by atoms with Crippen LogP contribution in [0.1, 0.15) is 79.1 Å². The molecule has 0 bridgehead atoms. The smallest absolute Gasteiger partial charge is 0.0383 e. The molecule has 0 heterocycles. The van der Waals surface area contributed by atoms with Crippen molar-refractivity contribution in [3.8, 4) is 0 Å². The Hall–Kier alpha value is 0.480. The van der Waals surface area contributed by atoms with Crippen molar-refractivity contribution >= 4 is 17.0 Å². The lowest BCUT2D eigenvalue weighted by atomic mass is 9.89. The van der Waals surface area contributed by atoms with Gasteiger partial charge < -0.3 is 0 Å². The Bertz CT molecular complexity index is 102. The normalized spacial score (nSPS) is 11.1. The van der Waals surface area contributed by atoms with Gasteiger partial charge in [0.2, 0.25) is 0 Å². The fourth-order valence-corrected chi connectivity index (χ4v) is 1.61. The predicted molar refractivity (Wildman–Crippen MR) is 72.4 cm³/mol. The second-order valence-electron chi connectivity index (χ2n) is 5.43. The zero-order valence-corrected chi connectivity index (χ0v) is 12.3. The second kappa shape index (κ2) is 10.0. The minimum absolute atomic E-state index is 0. The van der Waals surface area contributed by atoms with Crippen LogP contribution < -0.4 is 0 Å². The maximum Gasteiger partial charge on any atom is -0.0383 e. The number of hydrogen-bond donors (Lipinski definition) is 0. The van der Waals surface area contributed by atoms with E-state index in [9.17, 15) is 0 Å². The number of unbranched alkanes of at least 4 members (excludes halogenated alkanes) is 6. The van der Waals surface area contributed by atoms with Crippen LogP contribution in [0.4, 0.5) is 0 Å². The average molecular weight is 265 g/mol. The van der Waals surface area contributed by atoms with Crippen molar-refractivity contribution in [2.75, 3.05) is 0 Å². The topological polar surface area (TPSA) is 0 Å². The van der Waals surface area contributed by atoms with Crippen molar-refractivity contribution in [2.45, 2.75) is 79.1 Å². The van der Waals surface area contributed by atoms with Crippen LogP contribution >= 0.6 is 17.0 Å². The molecule has 0 fully saturated rings. The third-order valence-electron chi connectivity index (χ3n) is 2.53. The summed E-state index contributed by atoms with van der Waals surface area (Å²) in [5.74, 6) is 0. The summed E-state index contributed by atoms with van der Waals surface area (Å²) >= 11 is 0. The Morgan fingerprint density at radius 2 is 1.14 bits per heavy atom. The molecule has 0 nitrogen and oxygen atoms in total. The van der Waals surface area contributed by atoms with Crippen LogP contribution in [0, 0.1) is 5.41 Å². The molecule has 0 aliphatic rings. The van der Waals surface area contributed by atoms with Gasteiger partial charge in [-0.1, -0.05) is 72.6 Å². The summed E-state index contributed by atoms with van der Waals surface area (Å²) in [4.78, 5) is 0. The van der Waals surface area contributed by atoms with Gasteiger partial charge in [0.1, 0.15) is 0 Å². The molecule has 14 heavy (non-hydrogen) atoms. The van der Waals surface area contributed by atoms with E-state index >= 15 is 0 Å². The predicted octanol–water partition coefficient (Wildman–Crippen LogP) is 5.75. The highest BCUT2D eigenvalue weighted by molar-refractivity contribution is 8.93. The van der Waals surface area contributed by atoms with Crippen molar-refractivity contribution in [2.24, 2.45) is 5.41 Å².